The number of nitrogens with zero attached hydrogens (tertiary/aromatic N) is 3. The number of para-hydroxylation sites is 1. The molecule has 1 aliphatic heterocycles. The highest BCUT2D eigenvalue weighted by atomic mass is 16.3. The summed E-state index contributed by atoms with van der Waals surface area (Å²) < 4.78 is 0. The average Bonchev–Trinajstić information content (AvgIpc) is 3.10. The van der Waals surface area contributed by atoms with E-state index in [2.05, 4.69) is 21.0 Å². The van der Waals surface area contributed by atoms with Gasteiger partial charge in [0.05, 0.1) is 41.6 Å². The van der Waals surface area contributed by atoms with Crippen LogP contribution in [0.3, 0.4) is 0 Å². The molecule has 1 atom stereocenters. The second-order valence-corrected chi connectivity index (χ2v) is 7.70. The second kappa shape index (κ2) is 6.67. The number of benzene rings is 2. The number of hydrogen-bond donors (Lipinski definition) is 2. The number of fused-ring (bicyclic) bond motifs is 4. The highest BCUT2D eigenvalue weighted by Gasteiger charge is 2.32. The van der Waals surface area contributed by atoms with Crippen LogP contribution in [-0.2, 0) is 13.0 Å². The monoisotopic (exact) mass is 386 g/mol. The van der Waals surface area contributed by atoms with Gasteiger partial charge in [0, 0.05) is 22.2 Å². The molecule has 1 aliphatic rings. The number of aromatic nitrogens is 3. The van der Waals surface area contributed by atoms with Gasteiger partial charge in [0.15, 0.2) is 0 Å². The lowest BCUT2D eigenvalue weighted by Crippen LogP contribution is -2.46. The number of aliphatic hydroxyl groups is 1. The predicted octanol–water partition coefficient (Wildman–Crippen LogP) is 3.29. The van der Waals surface area contributed by atoms with Gasteiger partial charge in [-0.25, -0.2) is 9.97 Å². The fourth-order valence-corrected chi connectivity index (χ4v) is 4.20. The molecule has 3 heterocycles. The molecule has 0 saturated carbocycles. The van der Waals surface area contributed by atoms with Crippen LogP contribution in [0, 0.1) is 13.8 Å². The van der Waals surface area contributed by atoms with E-state index in [0.717, 1.165) is 28.1 Å². The molecule has 2 aromatic carbocycles. The molecule has 0 aliphatic carbocycles. The molecule has 1 unspecified atom stereocenters. The van der Waals surface area contributed by atoms with E-state index in [1.807, 2.05) is 38.1 Å². The predicted molar refractivity (Wildman–Crippen MR) is 112 cm³/mol. The molecule has 6 heteroatoms. The van der Waals surface area contributed by atoms with Crippen molar-refractivity contribution < 1.29 is 9.90 Å². The van der Waals surface area contributed by atoms with Gasteiger partial charge >= 0.3 is 0 Å². The van der Waals surface area contributed by atoms with Crippen LogP contribution in [0.4, 0.5) is 0 Å². The summed E-state index contributed by atoms with van der Waals surface area (Å²) in [6, 6.07) is 13.3. The Bertz CT molecular complexity index is 1260. The first-order valence-electron chi connectivity index (χ1n) is 9.80. The maximum absolute atomic E-state index is 13.3. The molecule has 2 aromatic heterocycles. The van der Waals surface area contributed by atoms with Crippen LogP contribution in [0.1, 0.15) is 33.0 Å². The molecule has 6 nitrogen and oxygen atoms in total. The minimum atomic E-state index is -0.254. The van der Waals surface area contributed by atoms with Crippen molar-refractivity contribution in [3.05, 3.63) is 70.7 Å². The lowest BCUT2D eigenvalue weighted by Gasteiger charge is -2.34. The quantitative estimate of drug-likeness (QED) is 0.554. The van der Waals surface area contributed by atoms with E-state index >= 15 is 0 Å². The van der Waals surface area contributed by atoms with Gasteiger partial charge < -0.3 is 15.0 Å². The van der Waals surface area contributed by atoms with Crippen molar-refractivity contribution in [2.45, 2.75) is 32.9 Å². The van der Waals surface area contributed by atoms with Crippen LogP contribution in [0.2, 0.25) is 0 Å². The third kappa shape index (κ3) is 2.87. The van der Waals surface area contributed by atoms with Crippen LogP contribution in [0.25, 0.3) is 21.9 Å². The highest BCUT2D eigenvalue weighted by molar-refractivity contribution is 5.98. The second-order valence-electron chi connectivity index (χ2n) is 7.70. The number of carbonyl (C=O) groups is 1. The lowest BCUT2D eigenvalue weighted by molar-refractivity contribution is 0.0541. The Kier molecular flexibility index (Phi) is 4.10. The molecule has 0 radical (unpaired) electrons. The van der Waals surface area contributed by atoms with Crippen molar-refractivity contribution in [2.75, 3.05) is 6.61 Å². The van der Waals surface area contributed by atoms with Crippen LogP contribution in [0.15, 0.2) is 42.5 Å². The van der Waals surface area contributed by atoms with E-state index in [0.29, 0.717) is 24.0 Å². The fraction of sp³-hybridized carbons (Fsp3) is 0.261. The molecule has 0 bridgehead atoms. The number of aliphatic hydroxyl groups excluding tert-OH is 1. The maximum Gasteiger partial charge on any atom is 0.254 e. The van der Waals surface area contributed by atoms with E-state index in [9.17, 15) is 9.90 Å². The first-order chi connectivity index (χ1) is 14.0. The molecule has 5 rings (SSSR count). The summed E-state index contributed by atoms with van der Waals surface area (Å²) in [5, 5.41) is 11.2. The molecule has 0 fully saturated rings. The Hall–Kier alpha value is -3.25. The highest BCUT2D eigenvalue weighted by Crippen LogP contribution is 2.31. The van der Waals surface area contributed by atoms with Crippen molar-refractivity contribution >= 4 is 27.8 Å². The summed E-state index contributed by atoms with van der Waals surface area (Å²) >= 11 is 0. The zero-order chi connectivity index (χ0) is 20.1. The van der Waals surface area contributed by atoms with Crippen LogP contribution in [0.5, 0.6) is 0 Å². The largest absolute Gasteiger partial charge is 0.394 e. The summed E-state index contributed by atoms with van der Waals surface area (Å²) in [6.45, 7) is 4.22. The van der Waals surface area contributed by atoms with E-state index in [1.54, 1.807) is 17.0 Å². The standard InChI is InChI=1S/C23H22N4O2/c1-13-14(2)25-21-9-15(7-8-20(21)24-13)23(29)27-11-22-18(10-16(27)12-28)17-5-3-4-6-19(17)26-22/h3-9,16,26,28H,10-12H2,1-2H3. The Balaban J connectivity index is 1.53. The van der Waals surface area contributed by atoms with Gasteiger partial charge in [0.2, 0.25) is 0 Å². The third-order valence-electron chi connectivity index (χ3n) is 5.90. The summed E-state index contributed by atoms with van der Waals surface area (Å²) in [5.41, 5.74) is 7.09. The topological polar surface area (TPSA) is 82.1 Å². The molecular formula is C23H22N4O2. The number of carbonyl (C=O) groups excluding carboxylic acids is 1. The lowest BCUT2D eigenvalue weighted by atomic mass is 9.96. The smallest absolute Gasteiger partial charge is 0.254 e. The number of hydrogen-bond acceptors (Lipinski definition) is 4. The zero-order valence-electron chi connectivity index (χ0n) is 16.4. The SMILES string of the molecule is Cc1nc2ccc(C(=O)N3Cc4[nH]c5ccccc5c4CC3CO)cc2nc1C. The first-order valence-corrected chi connectivity index (χ1v) is 9.80. The van der Waals surface area contributed by atoms with Gasteiger partial charge in [0.1, 0.15) is 0 Å². The van der Waals surface area contributed by atoms with Crippen molar-refractivity contribution in [1.82, 2.24) is 19.9 Å². The van der Waals surface area contributed by atoms with Crippen molar-refractivity contribution in [3.63, 3.8) is 0 Å². The van der Waals surface area contributed by atoms with Gasteiger partial charge in [-0.1, -0.05) is 18.2 Å². The first kappa shape index (κ1) is 17.8. The molecule has 1 amide bonds. The Morgan fingerprint density at radius 2 is 1.90 bits per heavy atom. The molecule has 146 valence electrons. The van der Waals surface area contributed by atoms with Gasteiger partial charge in [-0.3, -0.25) is 4.79 Å². The van der Waals surface area contributed by atoms with Gasteiger partial charge in [-0.05, 0) is 50.1 Å². The van der Waals surface area contributed by atoms with Gasteiger partial charge in [0.25, 0.3) is 5.91 Å². The molecule has 2 N–H and O–H groups in total. The van der Waals surface area contributed by atoms with E-state index in [-0.39, 0.29) is 18.6 Å². The van der Waals surface area contributed by atoms with Crippen LogP contribution >= 0.6 is 0 Å². The number of nitrogens with one attached hydrogen (secondary N) is 1. The Morgan fingerprint density at radius 1 is 1.14 bits per heavy atom. The summed E-state index contributed by atoms with van der Waals surface area (Å²) in [6.07, 6.45) is 0.632. The number of aryl methyl sites for hydroxylation is 2. The Labute approximate surface area is 168 Å². The number of amides is 1. The Morgan fingerprint density at radius 3 is 2.69 bits per heavy atom. The summed E-state index contributed by atoms with van der Waals surface area (Å²) in [5.74, 6) is -0.102. The third-order valence-corrected chi connectivity index (χ3v) is 5.90. The van der Waals surface area contributed by atoms with Gasteiger partial charge in [-0.2, -0.15) is 0 Å². The maximum atomic E-state index is 13.3. The zero-order valence-corrected chi connectivity index (χ0v) is 16.4. The minimum absolute atomic E-state index is 0.0730. The van der Waals surface area contributed by atoms with E-state index in [1.165, 1.54) is 10.9 Å². The van der Waals surface area contributed by atoms with Crippen molar-refractivity contribution in [1.29, 1.82) is 0 Å². The van der Waals surface area contributed by atoms with Crippen molar-refractivity contribution in [2.24, 2.45) is 0 Å². The number of H-pyrrole nitrogens is 1. The van der Waals surface area contributed by atoms with Crippen molar-refractivity contribution in [3.8, 4) is 0 Å². The molecular weight excluding hydrogens is 364 g/mol. The van der Waals surface area contributed by atoms with Crippen LogP contribution < -0.4 is 0 Å². The summed E-state index contributed by atoms with van der Waals surface area (Å²) in [4.78, 5) is 27.7. The normalized spacial score (nSPS) is 16.4. The van der Waals surface area contributed by atoms with Crippen LogP contribution in [-0.4, -0.2) is 43.5 Å². The molecule has 0 spiro atoms. The summed E-state index contributed by atoms with van der Waals surface area (Å²) in [7, 11) is 0. The van der Waals surface area contributed by atoms with E-state index < -0.39 is 0 Å². The fourth-order valence-electron chi connectivity index (χ4n) is 4.20. The number of aromatic amines is 1. The molecule has 29 heavy (non-hydrogen) atoms. The number of rotatable bonds is 2. The van der Waals surface area contributed by atoms with Gasteiger partial charge in [-0.15, -0.1) is 0 Å². The van der Waals surface area contributed by atoms with E-state index in [4.69, 9.17) is 0 Å². The molecule has 0 saturated heterocycles. The average molecular weight is 386 g/mol. The molecule has 4 aromatic rings. The minimum Gasteiger partial charge on any atom is -0.394 e.